The van der Waals surface area contributed by atoms with Crippen molar-refractivity contribution in [2.75, 3.05) is 0 Å². The Morgan fingerprint density at radius 2 is 1.88 bits per heavy atom. The molecule has 0 spiro atoms. The van der Waals surface area contributed by atoms with Crippen molar-refractivity contribution in [1.82, 2.24) is 0 Å². The Morgan fingerprint density at radius 3 is 2.54 bits per heavy atom. The number of aliphatic carboxylic acids is 1. The van der Waals surface area contributed by atoms with Crippen molar-refractivity contribution in [2.45, 2.75) is 70.8 Å². The van der Waals surface area contributed by atoms with Gasteiger partial charge in [-0.1, -0.05) is 57.2 Å². The fourth-order valence-electron chi connectivity index (χ4n) is 3.66. The summed E-state index contributed by atoms with van der Waals surface area (Å²) in [7, 11) is 0. The zero-order valence-corrected chi connectivity index (χ0v) is 14.5. The summed E-state index contributed by atoms with van der Waals surface area (Å²) in [6.45, 7) is 2.16. The van der Waals surface area contributed by atoms with Crippen molar-refractivity contribution in [1.29, 1.82) is 0 Å². The maximum atomic E-state index is 12.3. The number of benzene rings is 1. The zero-order chi connectivity index (χ0) is 17.4. The van der Waals surface area contributed by atoms with E-state index in [0.717, 1.165) is 25.7 Å². The van der Waals surface area contributed by atoms with E-state index in [1.54, 1.807) is 24.3 Å². The molecule has 2 rings (SSSR count). The number of rotatable bonds is 9. The Balaban J connectivity index is 2.01. The first-order valence-corrected chi connectivity index (χ1v) is 9.09. The van der Waals surface area contributed by atoms with Gasteiger partial charge in [-0.15, -0.1) is 0 Å². The molecular formula is C20H28O4. The van der Waals surface area contributed by atoms with Crippen molar-refractivity contribution in [3.63, 3.8) is 0 Å². The van der Waals surface area contributed by atoms with Crippen LogP contribution in [0.5, 0.6) is 0 Å². The van der Waals surface area contributed by atoms with Crippen molar-refractivity contribution in [3.05, 3.63) is 35.9 Å². The summed E-state index contributed by atoms with van der Waals surface area (Å²) in [5.41, 5.74) is -0.428. The zero-order valence-electron chi connectivity index (χ0n) is 14.5. The van der Waals surface area contributed by atoms with Crippen LogP contribution in [0.1, 0.15) is 75.1 Å². The molecule has 4 heteroatoms. The quantitative estimate of drug-likeness (QED) is 0.520. The second-order valence-electron chi connectivity index (χ2n) is 6.78. The molecule has 0 radical (unpaired) electrons. The van der Waals surface area contributed by atoms with Gasteiger partial charge in [0.1, 0.15) is 11.5 Å². The monoisotopic (exact) mass is 332 g/mol. The van der Waals surface area contributed by atoms with Crippen LogP contribution in [0.4, 0.5) is 0 Å². The molecule has 24 heavy (non-hydrogen) atoms. The Labute approximate surface area is 144 Å². The van der Waals surface area contributed by atoms with Crippen molar-refractivity contribution < 1.29 is 19.4 Å². The second-order valence-corrected chi connectivity index (χ2v) is 6.78. The molecule has 1 aromatic rings. The SMILES string of the molecule is CCCCCCCC1(C(=O)O)CCCC1OC(=O)c1ccccc1. The fourth-order valence-corrected chi connectivity index (χ4v) is 3.66. The Morgan fingerprint density at radius 1 is 1.17 bits per heavy atom. The van der Waals surface area contributed by atoms with Crippen LogP contribution in [-0.2, 0) is 9.53 Å². The number of ether oxygens (including phenoxy) is 1. The van der Waals surface area contributed by atoms with Crippen LogP contribution in [0.15, 0.2) is 30.3 Å². The van der Waals surface area contributed by atoms with Gasteiger partial charge in [0.25, 0.3) is 0 Å². The Hall–Kier alpha value is -1.84. The molecule has 0 bridgehead atoms. The fraction of sp³-hybridized carbons (Fsp3) is 0.600. The van der Waals surface area contributed by atoms with E-state index in [4.69, 9.17) is 4.74 Å². The van der Waals surface area contributed by atoms with Gasteiger partial charge in [-0.2, -0.15) is 0 Å². The number of hydrogen-bond acceptors (Lipinski definition) is 3. The average molecular weight is 332 g/mol. The van der Waals surface area contributed by atoms with Gasteiger partial charge in [0.15, 0.2) is 0 Å². The third kappa shape index (κ3) is 4.37. The first-order chi connectivity index (χ1) is 11.6. The second kappa shape index (κ2) is 8.86. The minimum absolute atomic E-state index is 0.417. The van der Waals surface area contributed by atoms with Crippen LogP contribution >= 0.6 is 0 Å². The molecule has 0 aliphatic heterocycles. The van der Waals surface area contributed by atoms with Gasteiger partial charge in [-0.3, -0.25) is 4.79 Å². The van der Waals surface area contributed by atoms with E-state index in [-0.39, 0.29) is 0 Å². The Kier molecular flexibility index (Phi) is 6.83. The van der Waals surface area contributed by atoms with Gasteiger partial charge in [0.05, 0.1) is 5.56 Å². The van der Waals surface area contributed by atoms with Crippen molar-refractivity contribution >= 4 is 11.9 Å². The number of hydrogen-bond donors (Lipinski definition) is 1. The molecule has 1 N–H and O–H groups in total. The molecule has 1 fully saturated rings. The lowest BCUT2D eigenvalue weighted by molar-refractivity contribution is -0.155. The third-order valence-corrected chi connectivity index (χ3v) is 5.12. The summed E-state index contributed by atoms with van der Waals surface area (Å²) in [5, 5.41) is 9.83. The number of esters is 1. The number of unbranched alkanes of at least 4 members (excludes halogenated alkanes) is 4. The van der Waals surface area contributed by atoms with Crippen LogP contribution in [0.3, 0.4) is 0 Å². The smallest absolute Gasteiger partial charge is 0.338 e. The standard InChI is InChI=1S/C20H28O4/c1-2-3-4-5-9-14-20(19(22)23)15-10-13-17(20)24-18(21)16-11-7-6-8-12-16/h6-8,11-12,17H,2-5,9-10,13-15H2,1H3,(H,22,23). The van der Waals surface area contributed by atoms with Crippen LogP contribution in [0.25, 0.3) is 0 Å². The molecular weight excluding hydrogens is 304 g/mol. The molecule has 1 aliphatic rings. The van der Waals surface area contributed by atoms with Gasteiger partial charge in [0.2, 0.25) is 0 Å². The van der Waals surface area contributed by atoms with Gasteiger partial charge in [-0.25, -0.2) is 4.79 Å². The molecule has 132 valence electrons. The lowest BCUT2D eigenvalue weighted by Gasteiger charge is -2.31. The first-order valence-electron chi connectivity index (χ1n) is 9.09. The van der Waals surface area contributed by atoms with Crippen LogP contribution in [-0.4, -0.2) is 23.1 Å². The number of carbonyl (C=O) groups is 2. The summed E-state index contributed by atoms with van der Waals surface area (Å²) in [6, 6.07) is 8.80. The molecule has 0 amide bonds. The highest BCUT2D eigenvalue weighted by molar-refractivity contribution is 5.90. The van der Waals surface area contributed by atoms with Crippen LogP contribution in [0, 0.1) is 5.41 Å². The molecule has 2 atom stereocenters. The maximum absolute atomic E-state index is 12.3. The number of carboxylic acids is 1. The highest BCUT2D eigenvalue weighted by atomic mass is 16.5. The predicted molar refractivity (Wildman–Crippen MR) is 92.9 cm³/mol. The van der Waals surface area contributed by atoms with E-state index in [1.165, 1.54) is 12.8 Å². The molecule has 0 aromatic heterocycles. The van der Waals surface area contributed by atoms with E-state index in [2.05, 4.69) is 6.92 Å². The highest BCUT2D eigenvalue weighted by Crippen LogP contribution is 2.45. The average Bonchev–Trinajstić information content (AvgIpc) is 2.99. The molecule has 0 heterocycles. The summed E-state index contributed by atoms with van der Waals surface area (Å²) in [6.07, 6.45) is 7.53. The topological polar surface area (TPSA) is 63.6 Å². The summed E-state index contributed by atoms with van der Waals surface area (Å²) < 4.78 is 5.63. The van der Waals surface area contributed by atoms with E-state index >= 15 is 0 Å². The summed E-state index contributed by atoms with van der Waals surface area (Å²) in [5.74, 6) is -1.24. The van der Waals surface area contributed by atoms with Gasteiger partial charge in [-0.05, 0) is 37.8 Å². The number of carbonyl (C=O) groups excluding carboxylic acids is 1. The van der Waals surface area contributed by atoms with E-state index < -0.39 is 23.5 Å². The first kappa shape index (κ1) is 18.5. The molecule has 1 aromatic carbocycles. The van der Waals surface area contributed by atoms with E-state index in [0.29, 0.717) is 24.8 Å². The highest BCUT2D eigenvalue weighted by Gasteiger charge is 2.51. The minimum atomic E-state index is -0.906. The van der Waals surface area contributed by atoms with Crippen molar-refractivity contribution in [3.8, 4) is 0 Å². The molecule has 1 saturated carbocycles. The maximum Gasteiger partial charge on any atom is 0.338 e. The molecule has 2 unspecified atom stereocenters. The summed E-state index contributed by atoms with van der Waals surface area (Å²) >= 11 is 0. The van der Waals surface area contributed by atoms with Crippen molar-refractivity contribution in [2.24, 2.45) is 5.41 Å². The molecule has 0 saturated heterocycles. The number of carboxylic acid groups (broad SMARTS) is 1. The Bertz CT molecular complexity index is 540. The van der Waals surface area contributed by atoms with Gasteiger partial charge < -0.3 is 9.84 Å². The van der Waals surface area contributed by atoms with E-state index in [1.807, 2.05) is 6.07 Å². The van der Waals surface area contributed by atoms with Gasteiger partial charge >= 0.3 is 11.9 Å². The van der Waals surface area contributed by atoms with Crippen LogP contribution in [0.2, 0.25) is 0 Å². The van der Waals surface area contributed by atoms with E-state index in [9.17, 15) is 14.7 Å². The lowest BCUT2D eigenvalue weighted by atomic mass is 9.79. The van der Waals surface area contributed by atoms with Crippen LogP contribution < -0.4 is 0 Å². The largest absolute Gasteiger partial charge is 0.481 e. The minimum Gasteiger partial charge on any atom is -0.481 e. The molecule has 4 nitrogen and oxygen atoms in total. The predicted octanol–water partition coefficient (Wildman–Crippen LogP) is 4.83. The van der Waals surface area contributed by atoms with Gasteiger partial charge in [0, 0.05) is 0 Å². The normalized spacial score (nSPS) is 23.1. The lowest BCUT2D eigenvalue weighted by Crippen LogP contribution is -2.41. The third-order valence-electron chi connectivity index (χ3n) is 5.12. The molecule has 1 aliphatic carbocycles. The summed E-state index contributed by atoms with van der Waals surface area (Å²) in [4.78, 5) is 24.3.